The van der Waals surface area contributed by atoms with E-state index in [4.69, 9.17) is 5.11 Å². The van der Waals surface area contributed by atoms with Crippen LogP contribution in [0.25, 0.3) is 0 Å². The summed E-state index contributed by atoms with van der Waals surface area (Å²) in [4.78, 5) is 10.7. The zero-order chi connectivity index (χ0) is 7.56. The van der Waals surface area contributed by atoms with Crippen LogP contribution in [-0.4, -0.2) is 17.0 Å². The van der Waals surface area contributed by atoms with Crippen LogP contribution in [0.4, 0.5) is 0 Å². The monoisotopic (exact) mass is 138 g/mol. The quantitative estimate of drug-likeness (QED) is 0.582. The molecule has 0 spiro atoms. The SMILES string of the molecule is CC=CC1=CC(=O)CC1O. The summed E-state index contributed by atoms with van der Waals surface area (Å²) in [7, 11) is 0. The van der Waals surface area contributed by atoms with Crippen LogP contribution in [0, 0.1) is 0 Å². The van der Waals surface area contributed by atoms with Crippen molar-refractivity contribution < 1.29 is 9.90 Å². The molecule has 1 atom stereocenters. The van der Waals surface area contributed by atoms with Gasteiger partial charge in [-0.05, 0) is 18.6 Å². The lowest BCUT2D eigenvalue weighted by molar-refractivity contribution is -0.114. The molecule has 0 saturated heterocycles. The first-order valence-electron chi connectivity index (χ1n) is 3.29. The van der Waals surface area contributed by atoms with Crippen LogP contribution in [0.5, 0.6) is 0 Å². The van der Waals surface area contributed by atoms with E-state index in [1.165, 1.54) is 6.08 Å². The van der Waals surface area contributed by atoms with Crippen molar-refractivity contribution in [3.05, 3.63) is 23.8 Å². The fourth-order valence-electron chi connectivity index (χ4n) is 1.00. The Kier molecular flexibility index (Phi) is 2.02. The lowest BCUT2D eigenvalue weighted by atomic mass is 10.2. The van der Waals surface area contributed by atoms with Crippen LogP contribution in [0.2, 0.25) is 0 Å². The highest BCUT2D eigenvalue weighted by Gasteiger charge is 2.19. The number of allylic oxidation sites excluding steroid dienone is 2. The molecule has 0 heterocycles. The van der Waals surface area contributed by atoms with Gasteiger partial charge < -0.3 is 5.11 Å². The number of carbonyl (C=O) groups excluding carboxylic acids is 1. The zero-order valence-corrected chi connectivity index (χ0v) is 5.87. The number of aliphatic hydroxyl groups is 1. The van der Waals surface area contributed by atoms with E-state index in [0.29, 0.717) is 0 Å². The van der Waals surface area contributed by atoms with Crippen molar-refractivity contribution in [1.29, 1.82) is 0 Å². The molecule has 1 unspecified atom stereocenters. The summed E-state index contributed by atoms with van der Waals surface area (Å²) in [5, 5.41) is 9.15. The molecule has 1 rings (SSSR count). The van der Waals surface area contributed by atoms with Crippen molar-refractivity contribution in [3.63, 3.8) is 0 Å². The Morgan fingerprint density at radius 2 is 2.50 bits per heavy atom. The normalized spacial score (nSPS) is 26.0. The molecule has 0 aliphatic heterocycles. The van der Waals surface area contributed by atoms with Gasteiger partial charge in [0.25, 0.3) is 0 Å². The minimum absolute atomic E-state index is 0.0144. The van der Waals surface area contributed by atoms with Gasteiger partial charge in [-0.3, -0.25) is 4.79 Å². The summed E-state index contributed by atoms with van der Waals surface area (Å²) in [5.74, 6) is 0.0144. The summed E-state index contributed by atoms with van der Waals surface area (Å²) in [5.41, 5.74) is 0.729. The molecule has 54 valence electrons. The summed E-state index contributed by atoms with van der Waals surface area (Å²) < 4.78 is 0. The van der Waals surface area contributed by atoms with Crippen molar-refractivity contribution in [2.75, 3.05) is 0 Å². The molecule has 0 aromatic heterocycles. The van der Waals surface area contributed by atoms with E-state index in [2.05, 4.69) is 0 Å². The van der Waals surface area contributed by atoms with Gasteiger partial charge in [-0.2, -0.15) is 0 Å². The third-order valence-corrected chi connectivity index (χ3v) is 1.47. The van der Waals surface area contributed by atoms with Crippen LogP contribution in [0.1, 0.15) is 13.3 Å². The number of ketones is 1. The molecule has 10 heavy (non-hydrogen) atoms. The number of aliphatic hydroxyl groups excluding tert-OH is 1. The Bertz CT molecular complexity index is 201. The molecule has 1 N–H and O–H groups in total. The summed E-state index contributed by atoms with van der Waals surface area (Å²) in [6.45, 7) is 1.86. The third kappa shape index (κ3) is 1.33. The van der Waals surface area contributed by atoms with Crippen LogP contribution in [-0.2, 0) is 4.79 Å². The molecule has 0 aromatic rings. The Hall–Kier alpha value is -0.890. The van der Waals surface area contributed by atoms with Gasteiger partial charge in [0, 0.05) is 6.42 Å². The largest absolute Gasteiger partial charge is 0.388 e. The standard InChI is InChI=1S/C8H10O2/c1-2-3-6-4-7(9)5-8(6)10/h2-4,8,10H,5H2,1H3. The van der Waals surface area contributed by atoms with E-state index in [0.717, 1.165) is 5.57 Å². The van der Waals surface area contributed by atoms with Gasteiger partial charge in [-0.1, -0.05) is 12.2 Å². The van der Waals surface area contributed by atoms with E-state index in [9.17, 15) is 4.79 Å². The molecule has 1 aliphatic rings. The molecule has 1 aliphatic carbocycles. The second-order valence-electron chi connectivity index (χ2n) is 2.33. The van der Waals surface area contributed by atoms with E-state index in [1.807, 2.05) is 13.0 Å². The van der Waals surface area contributed by atoms with Crippen molar-refractivity contribution in [1.82, 2.24) is 0 Å². The van der Waals surface area contributed by atoms with Gasteiger partial charge in [0.2, 0.25) is 0 Å². The first-order valence-corrected chi connectivity index (χ1v) is 3.29. The predicted octanol–water partition coefficient (Wildman–Crippen LogP) is 0.823. The predicted molar refractivity (Wildman–Crippen MR) is 38.5 cm³/mol. The van der Waals surface area contributed by atoms with Crippen LogP contribution in [0.3, 0.4) is 0 Å². The van der Waals surface area contributed by atoms with Crippen molar-refractivity contribution >= 4 is 5.78 Å². The van der Waals surface area contributed by atoms with E-state index < -0.39 is 6.10 Å². The number of hydrogen-bond acceptors (Lipinski definition) is 2. The zero-order valence-electron chi connectivity index (χ0n) is 5.87. The Labute approximate surface area is 59.9 Å². The maximum absolute atomic E-state index is 10.7. The van der Waals surface area contributed by atoms with Gasteiger partial charge in [-0.15, -0.1) is 0 Å². The maximum Gasteiger partial charge on any atom is 0.158 e. The van der Waals surface area contributed by atoms with Crippen LogP contribution in [0.15, 0.2) is 23.8 Å². The molecule has 0 radical (unpaired) electrons. The van der Waals surface area contributed by atoms with E-state index in [1.54, 1.807) is 6.08 Å². The second kappa shape index (κ2) is 2.80. The summed E-state index contributed by atoms with van der Waals surface area (Å²) >= 11 is 0. The molecule has 0 bridgehead atoms. The van der Waals surface area contributed by atoms with Gasteiger partial charge in [0.05, 0.1) is 6.10 Å². The second-order valence-corrected chi connectivity index (χ2v) is 2.33. The smallest absolute Gasteiger partial charge is 0.158 e. The Morgan fingerprint density at radius 3 is 2.90 bits per heavy atom. The topological polar surface area (TPSA) is 37.3 Å². The number of carbonyl (C=O) groups is 1. The van der Waals surface area contributed by atoms with Crippen molar-refractivity contribution in [2.45, 2.75) is 19.4 Å². The molecule has 2 nitrogen and oxygen atoms in total. The molecule has 2 heteroatoms. The minimum Gasteiger partial charge on any atom is -0.388 e. The van der Waals surface area contributed by atoms with Crippen molar-refractivity contribution in [3.8, 4) is 0 Å². The lowest BCUT2D eigenvalue weighted by Crippen LogP contribution is -2.04. The Morgan fingerprint density at radius 1 is 1.80 bits per heavy atom. The van der Waals surface area contributed by atoms with E-state index in [-0.39, 0.29) is 12.2 Å². The molecule has 0 fully saturated rings. The number of rotatable bonds is 1. The fourth-order valence-corrected chi connectivity index (χ4v) is 1.00. The molecular formula is C8H10O2. The van der Waals surface area contributed by atoms with Crippen LogP contribution < -0.4 is 0 Å². The molecule has 0 amide bonds. The van der Waals surface area contributed by atoms with Gasteiger partial charge in [0.15, 0.2) is 5.78 Å². The highest BCUT2D eigenvalue weighted by molar-refractivity contribution is 5.94. The average Bonchev–Trinajstić information content (AvgIpc) is 2.13. The molecule has 0 saturated carbocycles. The van der Waals surface area contributed by atoms with Gasteiger partial charge in [0.1, 0.15) is 0 Å². The minimum atomic E-state index is -0.566. The van der Waals surface area contributed by atoms with Crippen molar-refractivity contribution in [2.24, 2.45) is 0 Å². The first-order chi connectivity index (χ1) is 4.74. The maximum atomic E-state index is 10.7. The Balaban J connectivity index is 2.75. The fraction of sp³-hybridized carbons (Fsp3) is 0.375. The highest BCUT2D eigenvalue weighted by Crippen LogP contribution is 2.16. The van der Waals surface area contributed by atoms with Gasteiger partial charge >= 0.3 is 0 Å². The van der Waals surface area contributed by atoms with Crippen LogP contribution >= 0.6 is 0 Å². The van der Waals surface area contributed by atoms with Gasteiger partial charge in [-0.25, -0.2) is 0 Å². The average molecular weight is 138 g/mol. The number of hydrogen-bond donors (Lipinski definition) is 1. The van der Waals surface area contributed by atoms with E-state index >= 15 is 0 Å². The lowest BCUT2D eigenvalue weighted by Gasteiger charge is -1.99. The first kappa shape index (κ1) is 7.22. The third-order valence-electron chi connectivity index (χ3n) is 1.47. The molecule has 0 aromatic carbocycles. The molecular weight excluding hydrogens is 128 g/mol. The summed E-state index contributed by atoms with van der Waals surface area (Å²) in [6, 6.07) is 0. The highest BCUT2D eigenvalue weighted by atomic mass is 16.3. The summed E-state index contributed by atoms with van der Waals surface area (Å²) in [6.07, 6.45) is 4.75.